The van der Waals surface area contributed by atoms with Crippen molar-refractivity contribution in [1.29, 1.82) is 0 Å². The van der Waals surface area contributed by atoms with E-state index in [0.717, 1.165) is 17.7 Å². The van der Waals surface area contributed by atoms with Gasteiger partial charge in [-0.2, -0.15) is 0 Å². The van der Waals surface area contributed by atoms with E-state index in [9.17, 15) is 19.2 Å². The molecule has 0 bridgehead atoms. The number of amides is 4. The maximum atomic E-state index is 11.7. The maximum absolute atomic E-state index is 11.7. The van der Waals surface area contributed by atoms with Crippen molar-refractivity contribution in [3.8, 4) is 0 Å². The van der Waals surface area contributed by atoms with Gasteiger partial charge in [-0.25, -0.2) is 9.59 Å². The molecule has 116 valence electrons. The van der Waals surface area contributed by atoms with Crippen LogP contribution in [0.5, 0.6) is 0 Å². The molecule has 0 aromatic rings. The smallest absolute Gasteiger partial charge is 0.326 e. The standard InChI is InChI=1S/C13H19N3O5/c1-15-7-10(18)16(13(15)21)6-2-3-9(17)14-11(12(19)20)8-4-5-8/h8,11H,2-7H2,1H3,(H,14,17)(H,19,20). The van der Waals surface area contributed by atoms with Crippen LogP contribution in [-0.2, 0) is 14.4 Å². The van der Waals surface area contributed by atoms with Crippen molar-refractivity contribution >= 4 is 23.8 Å². The molecule has 0 aromatic carbocycles. The van der Waals surface area contributed by atoms with Crippen LogP contribution >= 0.6 is 0 Å². The fourth-order valence-corrected chi connectivity index (χ4v) is 2.34. The van der Waals surface area contributed by atoms with Crippen LogP contribution in [-0.4, -0.2) is 64.9 Å². The summed E-state index contributed by atoms with van der Waals surface area (Å²) in [6.45, 7) is 0.240. The lowest BCUT2D eigenvalue weighted by atomic mass is 10.1. The van der Waals surface area contributed by atoms with Gasteiger partial charge in [-0.1, -0.05) is 0 Å². The Bertz CT molecular complexity index is 474. The summed E-state index contributed by atoms with van der Waals surface area (Å²) in [5, 5.41) is 11.5. The Morgan fingerprint density at radius 1 is 1.38 bits per heavy atom. The largest absolute Gasteiger partial charge is 0.480 e. The van der Waals surface area contributed by atoms with Gasteiger partial charge >= 0.3 is 12.0 Å². The first-order valence-corrected chi connectivity index (χ1v) is 6.97. The van der Waals surface area contributed by atoms with E-state index < -0.39 is 12.0 Å². The van der Waals surface area contributed by atoms with Gasteiger partial charge in [0.2, 0.25) is 11.8 Å². The van der Waals surface area contributed by atoms with Crippen LogP contribution in [0, 0.1) is 5.92 Å². The number of nitrogens with one attached hydrogen (secondary N) is 1. The van der Waals surface area contributed by atoms with Crippen LogP contribution in [0.25, 0.3) is 0 Å². The number of likely N-dealkylation sites (N-methyl/N-ethyl adjacent to an activating group) is 1. The average molecular weight is 297 g/mol. The fraction of sp³-hybridized carbons (Fsp3) is 0.692. The Morgan fingerprint density at radius 3 is 2.52 bits per heavy atom. The number of carbonyl (C=O) groups excluding carboxylic acids is 3. The molecule has 8 heteroatoms. The Hall–Kier alpha value is -2.12. The first-order chi connectivity index (χ1) is 9.90. The molecule has 2 rings (SSSR count). The van der Waals surface area contributed by atoms with Crippen LogP contribution in [0.1, 0.15) is 25.7 Å². The average Bonchev–Trinajstić information content (AvgIpc) is 3.20. The molecular weight excluding hydrogens is 278 g/mol. The van der Waals surface area contributed by atoms with Gasteiger partial charge in [-0.3, -0.25) is 14.5 Å². The summed E-state index contributed by atoms with van der Waals surface area (Å²) in [6, 6.07) is -1.18. The number of imide groups is 1. The number of urea groups is 1. The quantitative estimate of drug-likeness (QED) is 0.624. The minimum Gasteiger partial charge on any atom is -0.480 e. The lowest BCUT2D eigenvalue weighted by molar-refractivity contribution is -0.142. The van der Waals surface area contributed by atoms with E-state index in [2.05, 4.69) is 5.32 Å². The van der Waals surface area contributed by atoms with Gasteiger partial charge < -0.3 is 15.3 Å². The molecule has 1 saturated carbocycles. The first-order valence-electron chi connectivity index (χ1n) is 6.97. The van der Waals surface area contributed by atoms with Crippen molar-refractivity contribution in [2.45, 2.75) is 31.7 Å². The molecule has 1 aliphatic heterocycles. The molecule has 0 spiro atoms. The van der Waals surface area contributed by atoms with Crippen molar-refractivity contribution in [3.63, 3.8) is 0 Å². The van der Waals surface area contributed by atoms with Gasteiger partial charge in [0.1, 0.15) is 12.6 Å². The van der Waals surface area contributed by atoms with Gasteiger partial charge in [0.15, 0.2) is 0 Å². The molecular formula is C13H19N3O5. The van der Waals surface area contributed by atoms with Crippen molar-refractivity contribution in [2.75, 3.05) is 20.1 Å². The van der Waals surface area contributed by atoms with Gasteiger partial charge in [0, 0.05) is 20.0 Å². The maximum Gasteiger partial charge on any atom is 0.326 e. The Morgan fingerprint density at radius 2 is 2.05 bits per heavy atom. The summed E-state index contributed by atoms with van der Waals surface area (Å²) in [6.07, 6.45) is 2.06. The van der Waals surface area contributed by atoms with Crippen LogP contribution in [0.2, 0.25) is 0 Å². The third-order valence-corrected chi connectivity index (χ3v) is 3.69. The Kier molecular flexibility index (Phi) is 4.44. The Balaban J connectivity index is 1.73. The van der Waals surface area contributed by atoms with Gasteiger partial charge in [0.25, 0.3) is 0 Å². The lowest BCUT2D eigenvalue weighted by Crippen LogP contribution is -2.42. The summed E-state index contributed by atoms with van der Waals surface area (Å²) < 4.78 is 0. The van der Waals surface area contributed by atoms with Crippen molar-refractivity contribution in [3.05, 3.63) is 0 Å². The second kappa shape index (κ2) is 6.11. The molecule has 4 amide bonds. The van der Waals surface area contributed by atoms with E-state index in [-0.39, 0.29) is 43.3 Å². The Labute approximate surface area is 122 Å². The van der Waals surface area contributed by atoms with Crippen LogP contribution in [0.3, 0.4) is 0 Å². The number of carboxylic acids is 1. The third kappa shape index (κ3) is 3.71. The van der Waals surface area contributed by atoms with Crippen LogP contribution in [0.4, 0.5) is 4.79 Å². The molecule has 1 saturated heterocycles. The molecule has 21 heavy (non-hydrogen) atoms. The summed E-state index contributed by atoms with van der Waals surface area (Å²) in [4.78, 5) is 48.3. The van der Waals surface area contributed by atoms with E-state index in [0.29, 0.717) is 6.42 Å². The predicted octanol–water partition coefficient (Wildman–Crippen LogP) is -0.360. The molecule has 8 nitrogen and oxygen atoms in total. The molecule has 0 aromatic heterocycles. The molecule has 1 unspecified atom stereocenters. The first kappa shape index (κ1) is 15.3. The van der Waals surface area contributed by atoms with E-state index in [1.807, 2.05) is 0 Å². The van der Waals surface area contributed by atoms with E-state index in [1.165, 1.54) is 4.90 Å². The van der Waals surface area contributed by atoms with Crippen LogP contribution in [0.15, 0.2) is 0 Å². The van der Waals surface area contributed by atoms with Gasteiger partial charge in [-0.15, -0.1) is 0 Å². The minimum atomic E-state index is -1.02. The molecule has 2 aliphatic rings. The number of hydrogen-bond acceptors (Lipinski definition) is 4. The minimum absolute atomic E-state index is 0.0295. The van der Waals surface area contributed by atoms with E-state index >= 15 is 0 Å². The SMILES string of the molecule is CN1CC(=O)N(CCCC(=O)NC(C(=O)O)C2CC2)C1=O. The molecule has 2 N–H and O–H groups in total. The highest BCUT2D eigenvalue weighted by Crippen LogP contribution is 2.32. The number of nitrogens with zero attached hydrogens (tertiary/aromatic N) is 2. The van der Waals surface area contributed by atoms with Crippen molar-refractivity contribution < 1.29 is 24.3 Å². The monoisotopic (exact) mass is 297 g/mol. The molecule has 1 heterocycles. The van der Waals surface area contributed by atoms with E-state index in [1.54, 1.807) is 7.05 Å². The molecule has 2 fully saturated rings. The summed E-state index contributed by atoms with van der Waals surface area (Å²) in [5.74, 6) is -1.62. The van der Waals surface area contributed by atoms with Gasteiger partial charge in [-0.05, 0) is 25.2 Å². The number of hydrogen-bond donors (Lipinski definition) is 2. The zero-order valence-electron chi connectivity index (χ0n) is 11.9. The zero-order valence-corrected chi connectivity index (χ0v) is 11.9. The topological polar surface area (TPSA) is 107 Å². The fourth-order valence-electron chi connectivity index (χ4n) is 2.34. The highest BCUT2D eigenvalue weighted by atomic mass is 16.4. The predicted molar refractivity (Wildman–Crippen MR) is 71.3 cm³/mol. The third-order valence-electron chi connectivity index (χ3n) is 3.69. The summed E-state index contributed by atoms with van der Waals surface area (Å²) >= 11 is 0. The normalized spacial score (nSPS) is 19.9. The number of rotatable bonds is 7. The number of carbonyl (C=O) groups is 4. The lowest BCUT2D eigenvalue weighted by Gasteiger charge is -2.15. The van der Waals surface area contributed by atoms with Crippen LogP contribution < -0.4 is 5.32 Å². The molecule has 1 atom stereocenters. The number of carboxylic acid groups (broad SMARTS) is 1. The highest BCUT2D eigenvalue weighted by molar-refractivity contribution is 6.01. The highest BCUT2D eigenvalue weighted by Gasteiger charge is 2.37. The molecule has 1 aliphatic carbocycles. The molecule has 0 radical (unpaired) electrons. The van der Waals surface area contributed by atoms with Crippen molar-refractivity contribution in [2.24, 2.45) is 5.92 Å². The second-order valence-electron chi connectivity index (χ2n) is 5.51. The van der Waals surface area contributed by atoms with Gasteiger partial charge in [0.05, 0.1) is 0 Å². The summed E-state index contributed by atoms with van der Waals surface area (Å²) in [5.41, 5.74) is 0. The van der Waals surface area contributed by atoms with Crippen molar-refractivity contribution in [1.82, 2.24) is 15.1 Å². The van der Waals surface area contributed by atoms with E-state index in [4.69, 9.17) is 5.11 Å². The summed E-state index contributed by atoms with van der Waals surface area (Å²) in [7, 11) is 1.54. The number of aliphatic carboxylic acids is 1. The zero-order chi connectivity index (χ0) is 15.6. The second-order valence-corrected chi connectivity index (χ2v) is 5.51.